The molecule has 1 aliphatic heterocycles. The van der Waals surface area contributed by atoms with Crippen molar-refractivity contribution in [3.05, 3.63) is 16.3 Å². The summed E-state index contributed by atoms with van der Waals surface area (Å²) in [5, 5.41) is 5.00. The highest BCUT2D eigenvalue weighted by molar-refractivity contribution is 7.89. The molecule has 20 heavy (non-hydrogen) atoms. The van der Waals surface area contributed by atoms with Crippen LogP contribution >= 0.6 is 11.3 Å². The Morgan fingerprint density at radius 2 is 2.00 bits per heavy atom. The number of nitrogens with zero attached hydrogens (tertiary/aromatic N) is 1. The lowest BCUT2D eigenvalue weighted by Gasteiger charge is -2.37. The maximum absolute atomic E-state index is 12.8. The molecule has 2 atom stereocenters. The molecule has 114 valence electrons. The Hall–Kier alpha value is -0.430. The van der Waals surface area contributed by atoms with E-state index in [0.29, 0.717) is 4.90 Å². The van der Waals surface area contributed by atoms with Crippen LogP contribution in [-0.4, -0.2) is 31.4 Å². The lowest BCUT2D eigenvalue weighted by Crippen LogP contribution is -2.47. The topological polar surface area (TPSA) is 49.4 Å². The van der Waals surface area contributed by atoms with Crippen LogP contribution in [0.5, 0.6) is 0 Å². The van der Waals surface area contributed by atoms with Gasteiger partial charge in [-0.15, -0.1) is 11.3 Å². The summed E-state index contributed by atoms with van der Waals surface area (Å²) in [6.45, 7) is 7.70. The third-order valence-electron chi connectivity index (χ3n) is 3.87. The Kier molecular flexibility index (Phi) is 5.23. The van der Waals surface area contributed by atoms with E-state index in [4.69, 9.17) is 0 Å². The Labute approximate surface area is 126 Å². The predicted molar refractivity (Wildman–Crippen MR) is 83.5 cm³/mol. The van der Waals surface area contributed by atoms with Gasteiger partial charge in [0.05, 0.1) is 4.90 Å². The molecule has 1 N–H and O–H groups in total. The minimum absolute atomic E-state index is 0.0980. The van der Waals surface area contributed by atoms with Crippen LogP contribution in [0.2, 0.25) is 0 Å². The summed E-state index contributed by atoms with van der Waals surface area (Å²) in [5.74, 6) is 0. The Morgan fingerprint density at radius 1 is 1.35 bits per heavy atom. The van der Waals surface area contributed by atoms with Crippen molar-refractivity contribution in [2.45, 2.75) is 63.6 Å². The molecule has 1 aromatic rings. The van der Waals surface area contributed by atoms with Crippen molar-refractivity contribution in [2.75, 3.05) is 6.54 Å². The number of thiophene rings is 1. The Morgan fingerprint density at radius 3 is 2.60 bits per heavy atom. The van der Waals surface area contributed by atoms with Crippen molar-refractivity contribution < 1.29 is 8.42 Å². The highest BCUT2D eigenvalue weighted by atomic mass is 32.2. The van der Waals surface area contributed by atoms with Gasteiger partial charge >= 0.3 is 0 Å². The van der Waals surface area contributed by atoms with Gasteiger partial charge in [-0.2, -0.15) is 4.31 Å². The van der Waals surface area contributed by atoms with Gasteiger partial charge in [-0.25, -0.2) is 8.42 Å². The van der Waals surface area contributed by atoms with Crippen molar-refractivity contribution in [1.29, 1.82) is 0 Å². The first-order valence-electron chi connectivity index (χ1n) is 7.28. The number of hydrogen-bond acceptors (Lipinski definition) is 4. The minimum Gasteiger partial charge on any atom is -0.312 e. The van der Waals surface area contributed by atoms with Gasteiger partial charge in [0.1, 0.15) is 0 Å². The monoisotopic (exact) mass is 316 g/mol. The maximum Gasteiger partial charge on any atom is 0.244 e. The molecule has 1 aliphatic rings. The van der Waals surface area contributed by atoms with E-state index in [0.717, 1.165) is 37.2 Å². The number of piperidine rings is 1. The minimum atomic E-state index is -3.35. The van der Waals surface area contributed by atoms with Crippen molar-refractivity contribution in [2.24, 2.45) is 0 Å². The summed E-state index contributed by atoms with van der Waals surface area (Å²) < 4.78 is 27.3. The molecule has 0 amide bonds. The van der Waals surface area contributed by atoms with Crippen LogP contribution in [0, 0.1) is 0 Å². The van der Waals surface area contributed by atoms with Gasteiger partial charge in [-0.05, 0) is 39.3 Å². The molecular formula is C14H24N2O2S2. The van der Waals surface area contributed by atoms with E-state index < -0.39 is 10.0 Å². The Bertz CT molecular complexity index is 529. The number of rotatable bonds is 5. The zero-order valence-corrected chi connectivity index (χ0v) is 14.1. The van der Waals surface area contributed by atoms with Gasteiger partial charge in [-0.1, -0.05) is 13.3 Å². The van der Waals surface area contributed by atoms with Crippen LogP contribution < -0.4 is 5.32 Å². The van der Waals surface area contributed by atoms with Crippen LogP contribution in [0.15, 0.2) is 16.3 Å². The van der Waals surface area contributed by atoms with Gasteiger partial charge < -0.3 is 5.32 Å². The van der Waals surface area contributed by atoms with E-state index in [1.54, 1.807) is 9.69 Å². The fourth-order valence-corrected chi connectivity index (χ4v) is 5.94. The second-order valence-corrected chi connectivity index (χ2v) is 8.33. The molecule has 0 aliphatic carbocycles. The largest absolute Gasteiger partial charge is 0.312 e. The van der Waals surface area contributed by atoms with Gasteiger partial charge in [0.15, 0.2) is 0 Å². The summed E-state index contributed by atoms with van der Waals surface area (Å²) >= 11 is 1.51. The predicted octanol–water partition coefficient (Wildman–Crippen LogP) is 2.81. The molecule has 1 saturated heterocycles. The standard InChI is InChI=1S/C14H24N2O2S2/c1-4-15-9-13-8-14(10-19-13)20(17,18)16-11(2)6-5-7-12(16)3/h8,10-12,15H,4-7,9H2,1-3H3/t11-,12+. The van der Waals surface area contributed by atoms with E-state index in [1.165, 1.54) is 11.3 Å². The summed E-state index contributed by atoms with van der Waals surface area (Å²) in [4.78, 5) is 1.53. The van der Waals surface area contributed by atoms with Crippen molar-refractivity contribution in [3.63, 3.8) is 0 Å². The van der Waals surface area contributed by atoms with E-state index in [2.05, 4.69) is 5.32 Å². The van der Waals surface area contributed by atoms with Gasteiger partial charge in [0, 0.05) is 28.9 Å². The first-order valence-corrected chi connectivity index (χ1v) is 9.60. The molecule has 0 saturated carbocycles. The van der Waals surface area contributed by atoms with Crippen LogP contribution in [0.1, 0.15) is 44.9 Å². The number of hydrogen-bond donors (Lipinski definition) is 1. The molecule has 0 unspecified atom stereocenters. The lowest BCUT2D eigenvalue weighted by atomic mass is 10.0. The third-order valence-corrected chi connectivity index (χ3v) is 7.06. The molecule has 0 bridgehead atoms. The van der Waals surface area contributed by atoms with Gasteiger partial charge in [0.2, 0.25) is 10.0 Å². The summed E-state index contributed by atoms with van der Waals surface area (Å²) in [5.41, 5.74) is 0. The molecule has 2 heterocycles. The second-order valence-electron chi connectivity index (χ2n) is 5.49. The fraction of sp³-hybridized carbons (Fsp3) is 0.714. The van der Waals surface area contributed by atoms with Gasteiger partial charge in [-0.3, -0.25) is 0 Å². The highest BCUT2D eigenvalue weighted by Gasteiger charge is 2.36. The average molecular weight is 316 g/mol. The Balaban J connectivity index is 2.22. The molecule has 1 fully saturated rings. The highest BCUT2D eigenvalue weighted by Crippen LogP contribution is 2.31. The summed E-state index contributed by atoms with van der Waals surface area (Å²) in [6.07, 6.45) is 3.03. The summed E-state index contributed by atoms with van der Waals surface area (Å²) in [7, 11) is -3.35. The van der Waals surface area contributed by atoms with Crippen LogP contribution in [0.3, 0.4) is 0 Å². The van der Waals surface area contributed by atoms with E-state index in [-0.39, 0.29) is 12.1 Å². The van der Waals surface area contributed by atoms with E-state index in [9.17, 15) is 8.42 Å². The van der Waals surface area contributed by atoms with Crippen LogP contribution in [0.25, 0.3) is 0 Å². The molecule has 1 aromatic heterocycles. The number of nitrogens with one attached hydrogen (secondary N) is 1. The molecule has 6 heteroatoms. The van der Waals surface area contributed by atoms with E-state index >= 15 is 0 Å². The van der Waals surface area contributed by atoms with E-state index in [1.807, 2.05) is 26.8 Å². The average Bonchev–Trinajstić information content (AvgIpc) is 2.85. The van der Waals surface area contributed by atoms with Crippen molar-refractivity contribution in [1.82, 2.24) is 9.62 Å². The lowest BCUT2D eigenvalue weighted by molar-refractivity contribution is 0.204. The summed E-state index contributed by atoms with van der Waals surface area (Å²) in [6, 6.07) is 2.01. The van der Waals surface area contributed by atoms with Crippen LogP contribution in [-0.2, 0) is 16.6 Å². The molecular weight excluding hydrogens is 292 g/mol. The normalized spacial score (nSPS) is 24.9. The zero-order chi connectivity index (χ0) is 14.8. The second kappa shape index (κ2) is 6.56. The first kappa shape index (κ1) is 15.9. The molecule has 0 spiro atoms. The maximum atomic E-state index is 12.8. The molecule has 0 radical (unpaired) electrons. The van der Waals surface area contributed by atoms with Crippen molar-refractivity contribution >= 4 is 21.4 Å². The zero-order valence-electron chi connectivity index (χ0n) is 12.4. The molecule has 4 nitrogen and oxygen atoms in total. The number of sulfonamides is 1. The SMILES string of the molecule is CCNCc1cc(S(=O)(=O)N2[C@H](C)CCC[C@@H]2C)cs1. The molecule has 0 aromatic carbocycles. The first-order chi connectivity index (χ1) is 9.46. The van der Waals surface area contributed by atoms with Crippen molar-refractivity contribution in [3.8, 4) is 0 Å². The van der Waals surface area contributed by atoms with Gasteiger partial charge in [0.25, 0.3) is 0 Å². The molecule has 2 rings (SSSR count). The third kappa shape index (κ3) is 3.24. The van der Waals surface area contributed by atoms with Crippen LogP contribution in [0.4, 0.5) is 0 Å². The smallest absolute Gasteiger partial charge is 0.244 e. The fourth-order valence-electron chi connectivity index (χ4n) is 2.83. The quantitative estimate of drug-likeness (QED) is 0.909.